The Morgan fingerprint density at radius 3 is 0.910 bits per heavy atom. The maximum absolute atomic E-state index is 12.8. The molecule has 372 valence electrons. The molecule has 0 bridgehead atoms. The van der Waals surface area contributed by atoms with E-state index in [0.717, 1.165) is 103 Å². The SMILES string of the molecule is CC/C=C\C/C=C\C/C=C\C/C=C\C/C=C\CCCC(=O)OC[C@@H](COC(=O)CCCC/C=C\C/C=C\C/C=C\C/C=C\CC)OC(=O)CCC/C=C\C/C=C\C/C=C\C/C=C\CCCCC. The van der Waals surface area contributed by atoms with Gasteiger partial charge in [0.25, 0.3) is 0 Å². The molecule has 0 aliphatic carbocycles. The van der Waals surface area contributed by atoms with Crippen molar-refractivity contribution in [2.24, 2.45) is 0 Å². The van der Waals surface area contributed by atoms with Crippen molar-refractivity contribution >= 4 is 17.9 Å². The van der Waals surface area contributed by atoms with E-state index < -0.39 is 12.1 Å². The minimum absolute atomic E-state index is 0.147. The van der Waals surface area contributed by atoms with Crippen LogP contribution >= 0.6 is 0 Å². The summed E-state index contributed by atoms with van der Waals surface area (Å²) in [5.74, 6) is -1.12. The molecule has 0 saturated heterocycles. The molecule has 0 aliphatic rings. The summed E-state index contributed by atoms with van der Waals surface area (Å²) in [4.78, 5) is 38.0. The van der Waals surface area contributed by atoms with Gasteiger partial charge in [-0.2, -0.15) is 0 Å². The molecule has 1 atom stereocenters. The summed E-state index contributed by atoms with van der Waals surface area (Å²) < 4.78 is 16.7. The Bertz CT molecular complexity index is 1570. The van der Waals surface area contributed by atoms with E-state index in [1.807, 2.05) is 0 Å². The molecule has 0 spiro atoms. The van der Waals surface area contributed by atoms with Crippen LogP contribution in [0.4, 0.5) is 0 Å². The fourth-order valence-electron chi connectivity index (χ4n) is 6.16. The van der Waals surface area contributed by atoms with Crippen molar-refractivity contribution in [1.29, 1.82) is 0 Å². The molecule has 67 heavy (non-hydrogen) atoms. The number of allylic oxidation sites excluding steroid dienone is 26. The van der Waals surface area contributed by atoms with Gasteiger partial charge in [-0.1, -0.05) is 192 Å². The van der Waals surface area contributed by atoms with Crippen LogP contribution in [0.3, 0.4) is 0 Å². The predicted molar refractivity (Wildman–Crippen MR) is 288 cm³/mol. The quantitative estimate of drug-likeness (QED) is 0.0262. The molecular formula is C61H92O6. The summed E-state index contributed by atoms with van der Waals surface area (Å²) in [6, 6.07) is 0. The summed E-state index contributed by atoms with van der Waals surface area (Å²) in [5, 5.41) is 0. The zero-order valence-electron chi connectivity index (χ0n) is 42.3. The second-order valence-corrected chi connectivity index (χ2v) is 16.3. The first-order valence-electron chi connectivity index (χ1n) is 26.0. The predicted octanol–water partition coefficient (Wildman–Crippen LogP) is 17.4. The van der Waals surface area contributed by atoms with Gasteiger partial charge in [0.15, 0.2) is 6.10 Å². The number of esters is 3. The molecule has 0 saturated carbocycles. The number of hydrogen-bond acceptors (Lipinski definition) is 6. The molecule has 0 aromatic rings. The largest absolute Gasteiger partial charge is 0.462 e. The van der Waals surface area contributed by atoms with E-state index in [9.17, 15) is 14.4 Å². The lowest BCUT2D eigenvalue weighted by Crippen LogP contribution is -2.30. The molecule has 0 radical (unpaired) electrons. The zero-order valence-corrected chi connectivity index (χ0v) is 42.3. The Morgan fingerprint density at radius 2 is 0.582 bits per heavy atom. The number of rotatable bonds is 44. The summed E-state index contributed by atoms with van der Waals surface area (Å²) in [7, 11) is 0. The molecule has 6 nitrogen and oxygen atoms in total. The van der Waals surface area contributed by atoms with Crippen molar-refractivity contribution in [3.05, 3.63) is 158 Å². The maximum Gasteiger partial charge on any atom is 0.306 e. The molecule has 0 rings (SSSR count). The van der Waals surface area contributed by atoms with Crippen LogP contribution in [0.2, 0.25) is 0 Å². The van der Waals surface area contributed by atoms with Gasteiger partial charge < -0.3 is 14.2 Å². The molecule has 0 fully saturated rings. The van der Waals surface area contributed by atoms with Crippen LogP contribution in [0, 0.1) is 0 Å². The van der Waals surface area contributed by atoms with Gasteiger partial charge in [0, 0.05) is 19.3 Å². The van der Waals surface area contributed by atoms with Crippen LogP contribution < -0.4 is 0 Å². The number of hydrogen-bond donors (Lipinski definition) is 0. The van der Waals surface area contributed by atoms with Crippen molar-refractivity contribution in [3.8, 4) is 0 Å². The van der Waals surface area contributed by atoms with Crippen molar-refractivity contribution in [3.63, 3.8) is 0 Å². The van der Waals surface area contributed by atoms with Crippen LogP contribution in [-0.2, 0) is 28.6 Å². The highest BCUT2D eigenvalue weighted by Gasteiger charge is 2.19. The number of carbonyl (C=O) groups is 3. The first kappa shape index (κ1) is 62.0. The smallest absolute Gasteiger partial charge is 0.306 e. The zero-order chi connectivity index (χ0) is 48.6. The van der Waals surface area contributed by atoms with E-state index in [2.05, 4.69) is 179 Å². The van der Waals surface area contributed by atoms with E-state index in [0.29, 0.717) is 19.3 Å². The Labute approximate surface area is 409 Å². The maximum atomic E-state index is 12.8. The van der Waals surface area contributed by atoms with E-state index in [1.54, 1.807) is 0 Å². The highest BCUT2D eigenvalue weighted by molar-refractivity contribution is 5.71. The van der Waals surface area contributed by atoms with Gasteiger partial charge in [-0.05, 0) is 135 Å². The fourth-order valence-corrected chi connectivity index (χ4v) is 6.16. The monoisotopic (exact) mass is 921 g/mol. The second-order valence-electron chi connectivity index (χ2n) is 16.3. The Hall–Kier alpha value is -4.97. The lowest BCUT2D eigenvalue weighted by molar-refractivity contribution is -0.167. The first-order chi connectivity index (χ1) is 33.0. The van der Waals surface area contributed by atoms with Crippen LogP contribution in [0.1, 0.15) is 188 Å². The second kappa shape index (κ2) is 53.6. The highest BCUT2D eigenvalue weighted by Crippen LogP contribution is 2.09. The Morgan fingerprint density at radius 1 is 0.313 bits per heavy atom. The third-order valence-electron chi connectivity index (χ3n) is 10.00. The average molecular weight is 921 g/mol. The highest BCUT2D eigenvalue weighted by atomic mass is 16.6. The van der Waals surface area contributed by atoms with Crippen LogP contribution in [0.15, 0.2) is 158 Å². The third-order valence-corrected chi connectivity index (χ3v) is 10.00. The summed E-state index contributed by atoms with van der Waals surface area (Å²) in [6.45, 7) is 6.22. The summed E-state index contributed by atoms with van der Waals surface area (Å²) in [5.41, 5.74) is 0. The summed E-state index contributed by atoms with van der Waals surface area (Å²) >= 11 is 0. The van der Waals surface area contributed by atoms with Crippen molar-refractivity contribution in [2.75, 3.05) is 13.2 Å². The molecule has 0 heterocycles. The van der Waals surface area contributed by atoms with Gasteiger partial charge in [0.2, 0.25) is 0 Å². The number of ether oxygens (including phenoxy) is 3. The molecule has 0 N–H and O–H groups in total. The lowest BCUT2D eigenvalue weighted by Gasteiger charge is -2.18. The van der Waals surface area contributed by atoms with E-state index in [1.165, 1.54) is 25.7 Å². The van der Waals surface area contributed by atoms with E-state index >= 15 is 0 Å². The van der Waals surface area contributed by atoms with E-state index in [-0.39, 0.29) is 44.4 Å². The van der Waals surface area contributed by atoms with Gasteiger partial charge in [-0.3, -0.25) is 14.4 Å². The molecule has 6 heteroatoms. The van der Waals surface area contributed by atoms with Gasteiger partial charge in [-0.15, -0.1) is 0 Å². The molecule has 0 amide bonds. The average Bonchev–Trinajstić information content (AvgIpc) is 3.33. The van der Waals surface area contributed by atoms with Gasteiger partial charge in [0.1, 0.15) is 13.2 Å². The summed E-state index contributed by atoms with van der Waals surface area (Å²) in [6.07, 6.45) is 78.1. The molecule has 0 unspecified atom stereocenters. The number of carbonyl (C=O) groups excluding carboxylic acids is 3. The van der Waals surface area contributed by atoms with Gasteiger partial charge >= 0.3 is 17.9 Å². The molecular weight excluding hydrogens is 829 g/mol. The third kappa shape index (κ3) is 51.9. The van der Waals surface area contributed by atoms with Crippen molar-refractivity contribution in [1.82, 2.24) is 0 Å². The normalized spacial score (nSPS) is 13.4. The van der Waals surface area contributed by atoms with E-state index in [4.69, 9.17) is 14.2 Å². The number of unbranched alkanes of at least 4 members (excludes halogenated alkanes) is 7. The standard InChI is InChI=1S/C61H92O6/c1-4-7-10-13-16-19-22-25-28-30-33-36-39-42-45-48-51-54-60(63)66-57-58(56-65-59(62)53-50-47-44-41-38-35-32-27-24-21-18-15-12-9-6-3)67-61(64)55-52-49-46-43-40-37-34-31-29-26-23-20-17-14-11-8-5-2/h7,9-10,12,16-21,25-29,32-34,36-38,41-43,45-46,58H,4-6,8,11,13-15,22-24,30-31,35,39-40,44,47-57H2,1-3H3/b10-7-,12-9-,19-16-,20-17-,21-18-,28-25-,29-26-,32-27-,36-33-,37-34-,41-38-,45-42-,46-43-/t58-/m1/s1. The first-order valence-corrected chi connectivity index (χ1v) is 26.0. The van der Waals surface area contributed by atoms with Crippen molar-refractivity contribution in [2.45, 2.75) is 194 Å². The van der Waals surface area contributed by atoms with Gasteiger partial charge in [-0.25, -0.2) is 0 Å². The minimum Gasteiger partial charge on any atom is -0.462 e. The minimum atomic E-state index is -0.854. The topological polar surface area (TPSA) is 78.9 Å². The molecule has 0 aromatic carbocycles. The van der Waals surface area contributed by atoms with Gasteiger partial charge in [0.05, 0.1) is 0 Å². The molecule has 0 aromatic heterocycles. The lowest BCUT2D eigenvalue weighted by atomic mass is 10.2. The fraction of sp³-hybridized carbons (Fsp3) is 0.525. The molecule has 0 aliphatic heterocycles. The van der Waals surface area contributed by atoms with Crippen LogP contribution in [-0.4, -0.2) is 37.2 Å². The Balaban J connectivity index is 4.68. The Kier molecular flexibility index (Phi) is 49.7. The van der Waals surface area contributed by atoms with Crippen molar-refractivity contribution < 1.29 is 28.6 Å². The van der Waals surface area contributed by atoms with Crippen LogP contribution in [0.5, 0.6) is 0 Å². The van der Waals surface area contributed by atoms with Crippen LogP contribution in [0.25, 0.3) is 0 Å².